The highest BCUT2D eigenvalue weighted by Gasteiger charge is 2.04. The summed E-state index contributed by atoms with van der Waals surface area (Å²) < 4.78 is 4.93. The molecule has 0 aliphatic carbocycles. The maximum Gasteiger partial charge on any atom is 0.0818 e. The third-order valence-corrected chi connectivity index (χ3v) is 1.85. The molecular weight excluding hydrogens is 160 g/mol. The van der Waals surface area contributed by atoms with Crippen molar-refractivity contribution in [1.29, 1.82) is 0 Å². The summed E-state index contributed by atoms with van der Waals surface area (Å²) in [5.41, 5.74) is 1.11. The topological polar surface area (TPSA) is 9.23 Å². The number of halogens is 1. The van der Waals surface area contributed by atoms with Crippen LogP contribution in [-0.4, -0.2) is 13.7 Å². The van der Waals surface area contributed by atoms with Crippen molar-refractivity contribution in [2.45, 2.75) is 5.38 Å². The number of methoxy groups -OCH3 is 1. The fraction of sp³-hybridized carbons (Fsp3) is 0.333. The number of ether oxygens (including phenoxy) is 1. The fourth-order valence-electron chi connectivity index (χ4n) is 0.904. The molecule has 1 nitrogen and oxygen atoms in total. The van der Waals surface area contributed by atoms with Crippen molar-refractivity contribution in [2.24, 2.45) is 0 Å². The van der Waals surface area contributed by atoms with Gasteiger partial charge in [-0.05, 0) is 5.56 Å². The molecule has 1 unspecified atom stereocenters. The normalized spacial score (nSPS) is 12.9. The number of rotatable bonds is 3. The first-order valence-corrected chi connectivity index (χ1v) is 3.96. The van der Waals surface area contributed by atoms with Gasteiger partial charge >= 0.3 is 0 Å². The van der Waals surface area contributed by atoms with Gasteiger partial charge in [0.2, 0.25) is 0 Å². The number of hydrogen-bond donors (Lipinski definition) is 0. The summed E-state index contributed by atoms with van der Waals surface area (Å²) in [5.74, 6) is 0. The largest absolute Gasteiger partial charge is 0.383 e. The molecule has 0 aromatic heterocycles. The predicted molar refractivity (Wildman–Crippen MR) is 46.9 cm³/mol. The van der Waals surface area contributed by atoms with Gasteiger partial charge < -0.3 is 4.74 Å². The summed E-state index contributed by atoms with van der Waals surface area (Å²) in [5, 5.41) is -0.0267. The Hall–Kier alpha value is -0.530. The number of hydrogen-bond acceptors (Lipinski definition) is 1. The third kappa shape index (κ3) is 2.52. The van der Waals surface area contributed by atoms with E-state index in [-0.39, 0.29) is 5.38 Å². The first kappa shape index (κ1) is 8.57. The molecule has 0 aliphatic heterocycles. The highest BCUT2D eigenvalue weighted by atomic mass is 35.5. The first-order valence-electron chi connectivity index (χ1n) is 3.52. The SMILES string of the molecule is COCC(Cl)c1ccccc1. The van der Waals surface area contributed by atoms with Gasteiger partial charge in [0.25, 0.3) is 0 Å². The van der Waals surface area contributed by atoms with E-state index < -0.39 is 0 Å². The Kier molecular flexibility index (Phi) is 3.40. The molecule has 0 saturated heterocycles. The molecule has 11 heavy (non-hydrogen) atoms. The Morgan fingerprint density at radius 2 is 2.00 bits per heavy atom. The molecule has 0 amide bonds. The maximum atomic E-state index is 5.98. The van der Waals surface area contributed by atoms with Crippen molar-refractivity contribution in [1.82, 2.24) is 0 Å². The minimum atomic E-state index is -0.0267. The zero-order valence-electron chi connectivity index (χ0n) is 6.46. The van der Waals surface area contributed by atoms with E-state index >= 15 is 0 Å². The van der Waals surface area contributed by atoms with E-state index in [1.54, 1.807) is 7.11 Å². The van der Waals surface area contributed by atoms with E-state index in [2.05, 4.69) is 0 Å². The lowest BCUT2D eigenvalue weighted by Crippen LogP contribution is -1.98. The van der Waals surface area contributed by atoms with Gasteiger partial charge in [0.1, 0.15) is 0 Å². The smallest absolute Gasteiger partial charge is 0.0818 e. The van der Waals surface area contributed by atoms with Crippen molar-refractivity contribution in [3.8, 4) is 0 Å². The minimum absolute atomic E-state index is 0.0267. The molecule has 0 aliphatic rings. The summed E-state index contributed by atoms with van der Waals surface area (Å²) >= 11 is 5.98. The Balaban J connectivity index is 2.61. The van der Waals surface area contributed by atoms with Gasteiger partial charge in [-0.1, -0.05) is 30.3 Å². The van der Waals surface area contributed by atoms with Crippen molar-refractivity contribution in [3.63, 3.8) is 0 Å². The molecule has 0 N–H and O–H groups in total. The van der Waals surface area contributed by atoms with Gasteiger partial charge in [0, 0.05) is 7.11 Å². The second kappa shape index (κ2) is 4.37. The Morgan fingerprint density at radius 3 is 2.55 bits per heavy atom. The van der Waals surface area contributed by atoms with Crippen LogP contribution >= 0.6 is 11.6 Å². The molecule has 0 saturated carbocycles. The van der Waals surface area contributed by atoms with E-state index in [1.807, 2.05) is 30.3 Å². The van der Waals surface area contributed by atoms with Crippen molar-refractivity contribution in [2.75, 3.05) is 13.7 Å². The molecule has 0 heterocycles. The van der Waals surface area contributed by atoms with Crippen LogP contribution in [0.3, 0.4) is 0 Å². The molecule has 0 bridgehead atoms. The lowest BCUT2D eigenvalue weighted by atomic mass is 10.2. The lowest BCUT2D eigenvalue weighted by Gasteiger charge is -2.06. The molecule has 0 radical (unpaired) electrons. The summed E-state index contributed by atoms with van der Waals surface area (Å²) in [7, 11) is 1.65. The van der Waals surface area contributed by atoms with E-state index in [1.165, 1.54) is 0 Å². The first-order chi connectivity index (χ1) is 5.34. The van der Waals surface area contributed by atoms with Crippen LogP contribution in [0.2, 0.25) is 0 Å². The van der Waals surface area contributed by atoms with Crippen LogP contribution in [0.4, 0.5) is 0 Å². The third-order valence-electron chi connectivity index (χ3n) is 1.47. The minimum Gasteiger partial charge on any atom is -0.383 e. The highest BCUT2D eigenvalue weighted by Crippen LogP contribution is 2.19. The molecule has 2 heteroatoms. The summed E-state index contributed by atoms with van der Waals surface area (Å²) in [6.07, 6.45) is 0. The monoisotopic (exact) mass is 170 g/mol. The van der Waals surface area contributed by atoms with Crippen LogP contribution in [0.15, 0.2) is 30.3 Å². The van der Waals surface area contributed by atoms with Gasteiger partial charge in [-0.25, -0.2) is 0 Å². The molecule has 0 spiro atoms. The van der Waals surface area contributed by atoms with Gasteiger partial charge in [-0.15, -0.1) is 11.6 Å². The van der Waals surface area contributed by atoms with Gasteiger partial charge in [0.05, 0.1) is 12.0 Å². The summed E-state index contributed by atoms with van der Waals surface area (Å²) in [6.45, 7) is 0.561. The van der Waals surface area contributed by atoms with Crippen molar-refractivity contribution < 1.29 is 4.74 Å². The van der Waals surface area contributed by atoms with Crippen LogP contribution in [0.1, 0.15) is 10.9 Å². The Labute approximate surface area is 71.9 Å². The quantitative estimate of drug-likeness (QED) is 0.634. The molecule has 0 fully saturated rings. The van der Waals surface area contributed by atoms with Gasteiger partial charge in [0.15, 0.2) is 0 Å². The molecule has 1 rings (SSSR count). The average Bonchev–Trinajstić information content (AvgIpc) is 2.07. The maximum absolute atomic E-state index is 5.98. The predicted octanol–water partition coefficient (Wildman–Crippen LogP) is 2.61. The standard InChI is InChI=1S/C9H11ClO/c1-11-7-9(10)8-5-3-2-4-6-8/h2-6,9H,7H2,1H3. The number of alkyl halides is 1. The average molecular weight is 171 g/mol. The van der Waals surface area contributed by atoms with Crippen molar-refractivity contribution >= 4 is 11.6 Å². The second-order valence-electron chi connectivity index (χ2n) is 2.33. The van der Waals surface area contributed by atoms with E-state index in [9.17, 15) is 0 Å². The Bertz CT molecular complexity index is 198. The van der Waals surface area contributed by atoms with E-state index in [0.717, 1.165) is 5.56 Å². The number of benzene rings is 1. The molecule has 1 aromatic rings. The molecule has 1 atom stereocenters. The molecule has 60 valence electrons. The van der Waals surface area contributed by atoms with Crippen molar-refractivity contribution in [3.05, 3.63) is 35.9 Å². The lowest BCUT2D eigenvalue weighted by molar-refractivity contribution is 0.198. The van der Waals surface area contributed by atoms with Crippen LogP contribution in [0.25, 0.3) is 0 Å². The van der Waals surface area contributed by atoms with Crippen LogP contribution in [-0.2, 0) is 4.74 Å². The Morgan fingerprint density at radius 1 is 1.36 bits per heavy atom. The zero-order valence-corrected chi connectivity index (χ0v) is 7.21. The summed E-state index contributed by atoms with van der Waals surface area (Å²) in [6, 6.07) is 9.91. The van der Waals surface area contributed by atoms with Crippen LogP contribution in [0, 0.1) is 0 Å². The van der Waals surface area contributed by atoms with Gasteiger partial charge in [-0.2, -0.15) is 0 Å². The fourth-order valence-corrected chi connectivity index (χ4v) is 1.18. The van der Waals surface area contributed by atoms with E-state index in [0.29, 0.717) is 6.61 Å². The van der Waals surface area contributed by atoms with Gasteiger partial charge in [-0.3, -0.25) is 0 Å². The molecular formula is C9H11ClO. The van der Waals surface area contributed by atoms with Crippen LogP contribution < -0.4 is 0 Å². The molecule has 1 aromatic carbocycles. The summed E-state index contributed by atoms with van der Waals surface area (Å²) in [4.78, 5) is 0. The van der Waals surface area contributed by atoms with Crippen LogP contribution in [0.5, 0.6) is 0 Å². The zero-order chi connectivity index (χ0) is 8.10. The van der Waals surface area contributed by atoms with E-state index in [4.69, 9.17) is 16.3 Å². The highest BCUT2D eigenvalue weighted by molar-refractivity contribution is 6.20. The second-order valence-corrected chi connectivity index (χ2v) is 2.86.